The van der Waals surface area contributed by atoms with Gasteiger partial charge in [-0.15, -0.1) is 0 Å². The fourth-order valence-corrected chi connectivity index (χ4v) is 4.69. The van der Waals surface area contributed by atoms with E-state index in [1.54, 1.807) is 13.0 Å². The zero-order chi connectivity index (χ0) is 24.7. The Morgan fingerprint density at radius 1 is 1.24 bits per heavy atom. The highest BCUT2D eigenvalue weighted by molar-refractivity contribution is 6.01. The van der Waals surface area contributed by atoms with E-state index in [1.165, 1.54) is 0 Å². The van der Waals surface area contributed by atoms with Gasteiger partial charge in [-0.05, 0) is 37.8 Å². The summed E-state index contributed by atoms with van der Waals surface area (Å²) in [5.74, 6) is -1.10. The van der Waals surface area contributed by atoms with Gasteiger partial charge in [0.05, 0.1) is 25.4 Å². The molecule has 1 heterocycles. The Balaban J connectivity index is 1.50. The summed E-state index contributed by atoms with van der Waals surface area (Å²) in [7, 11) is 0. The van der Waals surface area contributed by atoms with Gasteiger partial charge < -0.3 is 29.5 Å². The van der Waals surface area contributed by atoms with Crippen molar-refractivity contribution in [3.8, 4) is 5.75 Å². The molecule has 8 nitrogen and oxygen atoms in total. The van der Waals surface area contributed by atoms with Crippen molar-refractivity contribution in [1.29, 1.82) is 0 Å². The highest BCUT2D eigenvalue weighted by Crippen LogP contribution is 2.41. The van der Waals surface area contributed by atoms with Crippen molar-refractivity contribution in [3.63, 3.8) is 0 Å². The average Bonchev–Trinajstić information content (AvgIpc) is 2.98. The van der Waals surface area contributed by atoms with Crippen LogP contribution in [0.15, 0.2) is 36.4 Å². The number of ether oxygens (including phenoxy) is 3. The van der Waals surface area contributed by atoms with Gasteiger partial charge in [-0.25, -0.2) is 4.79 Å². The third-order valence-corrected chi connectivity index (χ3v) is 6.71. The summed E-state index contributed by atoms with van der Waals surface area (Å²) in [5.41, 5.74) is 1.13. The van der Waals surface area contributed by atoms with Crippen LogP contribution in [0.1, 0.15) is 38.2 Å². The Kier molecular flexibility index (Phi) is 9.64. The summed E-state index contributed by atoms with van der Waals surface area (Å²) in [5, 5.41) is 30.1. The van der Waals surface area contributed by atoms with E-state index in [1.807, 2.05) is 37.3 Å². The summed E-state index contributed by atoms with van der Waals surface area (Å²) in [4.78, 5) is 23.1. The van der Waals surface area contributed by atoms with Crippen molar-refractivity contribution >= 4 is 11.8 Å². The van der Waals surface area contributed by atoms with Gasteiger partial charge in [0.15, 0.2) is 5.78 Å². The van der Waals surface area contributed by atoms with E-state index < -0.39 is 30.1 Å². The van der Waals surface area contributed by atoms with Gasteiger partial charge >= 0.3 is 5.97 Å². The molecule has 0 aromatic heterocycles. The number of rotatable bonds is 11. The van der Waals surface area contributed by atoms with Gasteiger partial charge in [0.1, 0.15) is 18.5 Å². The fourth-order valence-electron chi connectivity index (χ4n) is 4.69. The van der Waals surface area contributed by atoms with Gasteiger partial charge in [0, 0.05) is 24.7 Å². The first-order valence-electron chi connectivity index (χ1n) is 12.0. The molecule has 1 aliphatic carbocycles. The van der Waals surface area contributed by atoms with Crippen molar-refractivity contribution in [1.82, 2.24) is 0 Å². The summed E-state index contributed by atoms with van der Waals surface area (Å²) >= 11 is 0. The number of carboxylic acid groups (broad SMARTS) is 1. The number of benzene rings is 1. The van der Waals surface area contributed by atoms with Crippen molar-refractivity contribution < 1.29 is 39.1 Å². The van der Waals surface area contributed by atoms with Crippen LogP contribution in [0, 0.1) is 24.7 Å². The van der Waals surface area contributed by atoms with E-state index in [9.17, 15) is 24.9 Å². The molecule has 2 aliphatic rings. The lowest BCUT2D eigenvalue weighted by Gasteiger charge is -2.21. The van der Waals surface area contributed by atoms with Crippen molar-refractivity contribution in [2.24, 2.45) is 17.8 Å². The van der Waals surface area contributed by atoms with Crippen LogP contribution in [0.25, 0.3) is 0 Å². The molecule has 0 spiro atoms. The Labute approximate surface area is 200 Å². The maximum atomic E-state index is 11.8. The van der Waals surface area contributed by atoms with Gasteiger partial charge in [-0.1, -0.05) is 36.8 Å². The number of aliphatic hydroxyl groups is 2. The van der Waals surface area contributed by atoms with Crippen molar-refractivity contribution in [2.75, 3.05) is 19.8 Å². The maximum Gasteiger partial charge on any atom is 0.340 e. The molecule has 34 heavy (non-hydrogen) atoms. The lowest BCUT2D eigenvalue weighted by molar-refractivity contribution is -0.157. The Hall–Kier alpha value is -2.26. The number of carboxylic acids is 1. The molecule has 3 N–H and O–H groups in total. The van der Waals surface area contributed by atoms with Crippen molar-refractivity contribution in [2.45, 2.75) is 63.9 Å². The number of ketones is 1. The zero-order valence-electron chi connectivity index (χ0n) is 19.8. The molecule has 8 heteroatoms. The molecule has 7 atom stereocenters. The van der Waals surface area contributed by atoms with E-state index in [0.29, 0.717) is 18.8 Å². The second-order valence-corrected chi connectivity index (χ2v) is 9.31. The number of Topliss-reactive ketones (excluding diaryl/α,β-unsaturated/α-hetero) is 1. The number of aryl methyl sites for hydroxylation is 1. The molecule has 1 aromatic rings. The molecule has 2 fully saturated rings. The molecule has 1 aromatic carbocycles. The Morgan fingerprint density at radius 3 is 2.65 bits per heavy atom. The normalized spacial score (nSPS) is 28.8. The predicted molar refractivity (Wildman–Crippen MR) is 125 cm³/mol. The quantitative estimate of drug-likeness (QED) is 0.329. The van der Waals surface area contributed by atoms with Gasteiger partial charge in [-0.2, -0.15) is 0 Å². The lowest BCUT2D eigenvalue weighted by atomic mass is 9.87. The molecule has 1 unspecified atom stereocenters. The number of fused-ring (bicyclic) bond motifs is 1. The highest BCUT2D eigenvalue weighted by atomic mass is 16.5. The number of aliphatic carboxylic acids is 1. The number of carbonyl (C=O) groups excluding carboxylic acids is 1. The molecular formula is C26H36O8. The first kappa shape index (κ1) is 26.3. The standard InChI is InChI=1S/C26H36O8/c1-3-22(28)25(26(30)31)34-14-17-6-10-21-20(23(29)12-24(21)33-13-17)11-7-18(27)15-32-19-8-4-16(2)5-9-19/h4-5,7-9,11,17-18,20-21,23-25,27,29H,3,6,10,12-15H2,1-2H3,(H,30,31)/b11-7+/t17-,18-,20-,21-,23-,24+,25?/m1/s1. The zero-order valence-corrected chi connectivity index (χ0v) is 19.8. The van der Waals surface area contributed by atoms with Crippen LogP contribution >= 0.6 is 0 Å². The predicted octanol–water partition coefficient (Wildman–Crippen LogP) is 2.53. The van der Waals surface area contributed by atoms with E-state index >= 15 is 0 Å². The van der Waals surface area contributed by atoms with Crippen LogP contribution in [-0.4, -0.2) is 71.3 Å². The van der Waals surface area contributed by atoms with Crippen LogP contribution in [0.4, 0.5) is 0 Å². The molecule has 1 aliphatic heterocycles. The molecule has 188 valence electrons. The second kappa shape index (κ2) is 12.4. The third-order valence-electron chi connectivity index (χ3n) is 6.71. The van der Waals surface area contributed by atoms with Gasteiger partial charge in [-0.3, -0.25) is 4.79 Å². The molecule has 1 saturated carbocycles. The Bertz CT molecular complexity index is 836. The smallest absolute Gasteiger partial charge is 0.340 e. The number of aliphatic hydroxyl groups excluding tert-OH is 2. The molecule has 0 radical (unpaired) electrons. The van der Waals surface area contributed by atoms with E-state index in [-0.39, 0.29) is 43.5 Å². The molecule has 0 amide bonds. The second-order valence-electron chi connectivity index (χ2n) is 9.31. The van der Waals surface area contributed by atoms with Crippen LogP contribution in [0.2, 0.25) is 0 Å². The Morgan fingerprint density at radius 2 is 1.97 bits per heavy atom. The molecule has 0 bridgehead atoms. The van der Waals surface area contributed by atoms with E-state index in [2.05, 4.69) is 0 Å². The number of hydrogen-bond acceptors (Lipinski definition) is 7. The monoisotopic (exact) mass is 476 g/mol. The topological polar surface area (TPSA) is 123 Å². The average molecular weight is 477 g/mol. The largest absolute Gasteiger partial charge is 0.491 e. The lowest BCUT2D eigenvalue weighted by Crippen LogP contribution is -2.34. The maximum absolute atomic E-state index is 11.8. The SMILES string of the molecule is CCC(=O)C(OC[C@@H]1CC[C@@H]2[C@@H](/C=C/[C@@H](O)COc3ccc(C)cc3)[C@H](O)C[C@@H]2OC1)C(=O)O. The fraction of sp³-hybridized carbons (Fsp3) is 0.615. The summed E-state index contributed by atoms with van der Waals surface area (Å²) in [6, 6.07) is 7.61. The summed E-state index contributed by atoms with van der Waals surface area (Å²) in [6.45, 7) is 4.26. The van der Waals surface area contributed by atoms with Crippen LogP contribution in [0.3, 0.4) is 0 Å². The minimum Gasteiger partial charge on any atom is -0.491 e. The minimum absolute atomic E-state index is 0.0209. The first-order chi connectivity index (χ1) is 16.3. The molecule has 1 saturated heterocycles. The number of hydrogen-bond donors (Lipinski definition) is 3. The molecular weight excluding hydrogens is 440 g/mol. The number of carbonyl (C=O) groups is 2. The van der Waals surface area contributed by atoms with Crippen LogP contribution in [-0.2, 0) is 19.1 Å². The van der Waals surface area contributed by atoms with Gasteiger partial charge in [0.25, 0.3) is 0 Å². The minimum atomic E-state index is -1.44. The third kappa shape index (κ3) is 7.12. The first-order valence-corrected chi connectivity index (χ1v) is 12.0. The van der Waals surface area contributed by atoms with Crippen LogP contribution < -0.4 is 4.74 Å². The van der Waals surface area contributed by atoms with E-state index in [0.717, 1.165) is 18.4 Å². The van der Waals surface area contributed by atoms with Crippen molar-refractivity contribution in [3.05, 3.63) is 42.0 Å². The molecule has 3 rings (SSSR count). The summed E-state index contributed by atoms with van der Waals surface area (Å²) < 4.78 is 17.1. The van der Waals surface area contributed by atoms with E-state index in [4.69, 9.17) is 14.2 Å². The van der Waals surface area contributed by atoms with Crippen LogP contribution in [0.5, 0.6) is 5.75 Å². The summed E-state index contributed by atoms with van der Waals surface area (Å²) in [6.07, 6.45) is 2.77. The highest BCUT2D eigenvalue weighted by Gasteiger charge is 2.43. The van der Waals surface area contributed by atoms with Gasteiger partial charge in [0.2, 0.25) is 6.10 Å².